The van der Waals surface area contributed by atoms with Crippen molar-refractivity contribution >= 4 is 51.5 Å². The average molecular weight is 470 g/mol. The number of fused-ring (bicyclic) bond motifs is 1. The molecule has 0 aliphatic heterocycles. The highest BCUT2D eigenvalue weighted by molar-refractivity contribution is 7.99. The van der Waals surface area contributed by atoms with Crippen molar-refractivity contribution in [2.45, 2.75) is 18.6 Å². The summed E-state index contributed by atoms with van der Waals surface area (Å²) in [5, 5.41) is 3.45. The molecule has 0 saturated carbocycles. The van der Waals surface area contributed by atoms with Crippen LogP contribution < -0.4 is 5.56 Å². The molecule has 8 heteroatoms. The standard InChI is InChI=1S/C23H20ClN3O2S2/c1-15-5-3-6-17(11-15)27-22(29)19-9-8-16(24)12-20(19)25-23(27)31-14-21(28)26(2)13-18-7-4-10-30-18/h3-12H,13-14H2,1-2H3. The van der Waals surface area contributed by atoms with Crippen molar-refractivity contribution in [3.05, 3.63) is 85.8 Å². The van der Waals surface area contributed by atoms with Crippen molar-refractivity contribution in [2.24, 2.45) is 0 Å². The van der Waals surface area contributed by atoms with Gasteiger partial charge in [0.15, 0.2) is 5.16 Å². The molecule has 0 fully saturated rings. The summed E-state index contributed by atoms with van der Waals surface area (Å²) < 4.78 is 1.57. The summed E-state index contributed by atoms with van der Waals surface area (Å²) in [6.45, 7) is 2.53. The smallest absolute Gasteiger partial charge is 0.266 e. The van der Waals surface area contributed by atoms with E-state index in [0.717, 1.165) is 16.1 Å². The van der Waals surface area contributed by atoms with E-state index in [1.165, 1.54) is 11.8 Å². The molecule has 0 radical (unpaired) electrons. The molecular weight excluding hydrogens is 450 g/mol. The minimum Gasteiger partial charge on any atom is -0.340 e. The number of aryl methyl sites for hydroxylation is 1. The number of thiophene rings is 1. The Hall–Kier alpha value is -2.61. The lowest BCUT2D eigenvalue weighted by atomic mass is 10.2. The number of nitrogens with zero attached hydrogens (tertiary/aromatic N) is 3. The average Bonchev–Trinajstić information content (AvgIpc) is 3.24. The van der Waals surface area contributed by atoms with Crippen LogP contribution in [0, 0.1) is 6.92 Å². The lowest BCUT2D eigenvalue weighted by Gasteiger charge is -2.17. The van der Waals surface area contributed by atoms with Crippen LogP contribution in [-0.2, 0) is 11.3 Å². The number of aromatic nitrogens is 2. The number of carbonyl (C=O) groups excluding carboxylic acids is 1. The number of amides is 1. The van der Waals surface area contributed by atoms with Gasteiger partial charge in [-0.25, -0.2) is 4.98 Å². The Morgan fingerprint density at radius 3 is 2.77 bits per heavy atom. The van der Waals surface area contributed by atoms with E-state index in [4.69, 9.17) is 11.6 Å². The molecule has 0 spiro atoms. The second-order valence-electron chi connectivity index (χ2n) is 7.15. The van der Waals surface area contributed by atoms with Crippen molar-refractivity contribution in [3.8, 4) is 5.69 Å². The molecule has 158 valence electrons. The molecule has 0 bridgehead atoms. The van der Waals surface area contributed by atoms with Crippen molar-refractivity contribution in [1.82, 2.24) is 14.5 Å². The molecule has 0 aliphatic carbocycles. The lowest BCUT2D eigenvalue weighted by molar-refractivity contribution is -0.127. The van der Waals surface area contributed by atoms with Gasteiger partial charge in [-0.05, 0) is 54.3 Å². The van der Waals surface area contributed by atoms with Gasteiger partial charge in [0.2, 0.25) is 5.91 Å². The maximum atomic E-state index is 13.3. The first-order chi connectivity index (χ1) is 14.9. The number of rotatable bonds is 6. The van der Waals surface area contributed by atoms with E-state index < -0.39 is 0 Å². The summed E-state index contributed by atoms with van der Waals surface area (Å²) in [6.07, 6.45) is 0. The van der Waals surface area contributed by atoms with Gasteiger partial charge in [0, 0.05) is 16.9 Å². The Kier molecular flexibility index (Phi) is 6.46. The Morgan fingerprint density at radius 2 is 2.03 bits per heavy atom. The summed E-state index contributed by atoms with van der Waals surface area (Å²) in [5.74, 6) is 0.140. The largest absolute Gasteiger partial charge is 0.340 e. The van der Waals surface area contributed by atoms with E-state index in [0.29, 0.717) is 27.6 Å². The Labute approximate surface area is 193 Å². The van der Waals surface area contributed by atoms with E-state index >= 15 is 0 Å². The fraction of sp³-hybridized carbons (Fsp3) is 0.174. The van der Waals surface area contributed by atoms with Crippen molar-refractivity contribution in [1.29, 1.82) is 0 Å². The zero-order chi connectivity index (χ0) is 22.0. The van der Waals surface area contributed by atoms with Gasteiger partial charge in [-0.1, -0.05) is 41.6 Å². The number of thioether (sulfide) groups is 1. The van der Waals surface area contributed by atoms with Gasteiger partial charge in [0.05, 0.1) is 28.9 Å². The third-order valence-corrected chi connectivity index (χ3v) is 6.80. The van der Waals surface area contributed by atoms with Gasteiger partial charge in [0.1, 0.15) is 0 Å². The van der Waals surface area contributed by atoms with Gasteiger partial charge in [-0.2, -0.15) is 0 Å². The fourth-order valence-corrected chi connectivity index (χ4v) is 5.07. The first-order valence-electron chi connectivity index (χ1n) is 9.61. The number of hydrogen-bond acceptors (Lipinski definition) is 5. The highest BCUT2D eigenvalue weighted by atomic mass is 35.5. The second kappa shape index (κ2) is 9.26. The first kappa shape index (κ1) is 21.6. The molecule has 0 N–H and O–H groups in total. The molecule has 2 aromatic heterocycles. The number of halogens is 1. The van der Waals surface area contributed by atoms with E-state index in [2.05, 4.69) is 4.98 Å². The van der Waals surface area contributed by atoms with Crippen LogP contribution in [0.4, 0.5) is 0 Å². The van der Waals surface area contributed by atoms with Crippen LogP contribution in [0.5, 0.6) is 0 Å². The minimum atomic E-state index is -0.186. The van der Waals surface area contributed by atoms with Crippen LogP contribution in [0.25, 0.3) is 16.6 Å². The minimum absolute atomic E-state index is 0.0327. The van der Waals surface area contributed by atoms with E-state index in [1.54, 1.807) is 46.1 Å². The molecule has 5 nitrogen and oxygen atoms in total. The van der Waals surface area contributed by atoms with Crippen LogP contribution in [0.2, 0.25) is 5.02 Å². The van der Waals surface area contributed by atoms with Gasteiger partial charge in [0.25, 0.3) is 5.56 Å². The van der Waals surface area contributed by atoms with Crippen LogP contribution in [0.15, 0.2) is 69.9 Å². The molecule has 2 aromatic carbocycles. The van der Waals surface area contributed by atoms with Crippen LogP contribution in [0.3, 0.4) is 0 Å². The highest BCUT2D eigenvalue weighted by Crippen LogP contribution is 2.24. The molecule has 0 unspecified atom stereocenters. The SMILES string of the molecule is Cc1cccc(-n2c(SCC(=O)N(C)Cc3cccs3)nc3cc(Cl)ccc3c2=O)c1. The maximum Gasteiger partial charge on any atom is 0.266 e. The summed E-state index contributed by atoms with van der Waals surface area (Å²) in [4.78, 5) is 33.5. The third-order valence-electron chi connectivity index (χ3n) is 4.78. The van der Waals surface area contributed by atoms with Gasteiger partial charge in [-0.3, -0.25) is 14.2 Å². The molecule has 1 amide bonds. The van der Waals surface area contributed by atoms with Gasteiger partial charge < -0.3 is 4.90 Å². The first-order valence-corrected chi connectivity index (χ1v) is 11.9. The number of carbonyl (C=O) groups is 1. The molecular formula is C23H20ClN3O2S2. The van der Waals surface area contributed by atoms with Crippen molar-refractivity contribution in [2.75, 3.05) is 12.8 Å². The fourth-order valence-electron chi connectivity index (χ4n) is 3.19. The predicted molar refractivity (Wildman–Crippen MR) is 129 cm³/mol. The summed E-state index contributed by atoms with van der Waals surface area (Å²) in [5.41, 5.74) is 2.08. The van der Waals surface area contributed by atoms with E-state index in [-0.39, 0.29) is 17.2 Å². The Bertz CT molecular complexity index is 1300. The zero-order valence-electron chi connectivity index (χ0n) is 17.0. The topological polar surface area (TPSA) is 55.2 Å². The molecule has 31 heavy (non-hydrogen) atoms. The Morgan fingerprint density at radius 1 is 1.19 bits per heavy atom. The van der Waals surface area contributed by atoms with Gasteiger partial charge >= 0.3 is 0 Å². The van der Waals surface area contributed by atoms with Crippen LogP contribution >= 0.6 is 34.7 Å². The van der Waals surface area contributed by atoms with Crippen LogP contribution in [0.1, 0.15) is 10.4 Å². The molecule has 0 saturated heterocycles. The highest BCUT2D eigenvalue weighted by Gasteiger charge is 2.17. The predicted octanol–water partition coefficient (Wildman–Crippen LogP) is 5.16. The number of hydrogen-bond donors (Lipinski definition) is 0. The maximum absolute atomic E-state index is 13.3. The number of benzene rings is 2. The zero-order valence-corrected chi connectivity index (χ0v) is 19.4. The second-order valence-corrected chi connectivity index (χ2v) is 9.56. The molecule has 4 rings (SSSR count). The van der Waals surface area contributed by atoms with E-state index in [1.807, 2.05) is 48.7 Å². The molecule has 4 aromatic rings. The summed E-state index contributed by atoms with van der Waals surface area (Å²) in [7, 11) is 1.78. The molecule has 2 heterocycles. The van der Waals surface area contributed by atoms with Crippen LogP contribution in [-0.4, -0.2) is 33.2 Å². The van der Waals surface area contributed by atoms with Gasteiger partial charge in [-0.15, -0.1) is 11.3 Å². The quantitative estimate of drug-likeness (QED) is 0.289. The van der Waals surface area contributed by atoms with E-state index in [9.17, 15) is 9.59 Å². The third kappa shape index (κ3) is 4.84. The lowest BCUT2D eigenvalue weighted by Crippen LogP contribution is -2.28. The normalized spacial score (nSPS) is 11.1. The summed E-state index contributed by atoms with van der Waals surface area (Å²) in [6, 6.07) is 16.7. The Balaban J connectivity index is 1.69. The molecule has 0 aliphatic rings. The molecule has 0 atom stereocenters. The van der Waals surface area contributed by atoms with Crippen molar-refractivity contribution in [3.63, 3.8) is 0 Å². The van der Waals surface area contributed by atoms with Crippen molar-refractivity contribution < 1.29 is 4.79 Å². The summed E-state index contributed by atoms with van der Waals surface area (Å²) >= 11 is 8.99. The monoisotopic (exact) mass is 469 g/mol.